The van der Waals surface area contributed by atoms with Crippen molar-refractivity contribution >= 4 is 22.6 Å². The van der Waals surface area contributed by atoms with E-state index in [2.05, 4.69) is 20.0 Å². The molecule has 0 saturated heterocycles. The van der Waals surface area contributed by atoms with Gasteiger partial charge in [-0.15, -0.1) is 0 Å². The summed E-state index contributed by atoms with van der Waals surface area (Å²) in [4.78, 5) is 29.4. The third-order valence-electron chi connectivity index (χ3n) is 5.35. The fourth-order valence-electron chi connectivity index (χ4n) is 3.66. The third kappa shape index (κ3) is 3.50. The summed E-state index contributed by atoms with van der Waals surface area (Å²) in [5, 5.41) is 7.87. The lowest BCUT2D eigenvalue weighted by atomic mass is 10.1. The average Bonchev–Trinajstić information content (AvgIpc) is 3.54. The minimum absolute atomic E-state index is 0.112. The van der Waals surface area contributed by atoms with Crippen molar-refractivity contribution in [2.45, 2.75) is 31.8 Å². The smallest absolute Gasteiger partial charge is 0.227 e. The Morgan fingerprint density at radius 2 is 1.83 bits per heavy atom. The molecule has 7 heteroatoms. The van der Waals surface area contributed by atoms with Gasteiger partial charge in [0, 0.05) is 23.4 Å². The molecule has 1 N–H and O–H groups in total. The van der Waals surface area contributed by atoms with E-state index in [0.29, 0.717) is 18.0 Å². The molecule has 1 saturated carbocycles. The zero-order chi connectivity index (χ0) is 20.5. The van der Waals surface area contributed by atoms with E-state index in [0.717, 1.165) is 35.4 Å². The topological polar surface area (TPSA) is 81.8 Å². The summed E-state index contributed by atoms with van der Waals surface area (Å²) < 4.78 is 3.76. The molecule has 2 aromatic carbocycles. The van der Waals surface area contributed by atoms with Crippen molar-refractivity contribution in [2.75, 3.05) is 5.32 Å². The fraction of sp³-hybridized carbons (Fsp3) is 0.217. The number of hydrogen-bond donors (Lipinski definition) is 1. The molecule has 0 spiro atoms. The quantitative estimate of drug-likeness (QED) is 0.537. The summed E-state index contributed by atoms with van der Waals surface area (Å²) in [7, 11) is 0. The maximum atomic E-state index is 12.8. The molecule has 1 amide bonds. The lowest BCUT2D eigenvalue weighted by Crippen LogP contribution is -2.19. The first-order valence-electron chi connectivity index (χ1n) is 10.1. The third-order valence-corrected chi connectivity index (χ3v) is 5.35. The van der Waals surface area contributed by atoms with Crippen molar-refractivity contribution in [1.29, 1.82) is 0 Å². The van der Waals surface area contributed by atoms with Gasteiger partial charge in [-0.25, -0.2) is 4.98 Å². The second-order valence-electron chi connectivity index (χ2n) is 7.49. The number of anilines is 1. The number of fused-ring (bicyclic) bond motifs is 1. The van der Waals surface area contributed by atoms with Crippen LogP contribution in [0.3, 0.4) is 0 Å². The molecule has 2 aromatic heterocycles. The first-order chi connectivity index (χ1) is 14.7. The Morgan fingerprint density at radius 3 is 2.63 bits per heavy atom. The predicted molar refractivity (Wildman–Crippen MR) is 115 cm³/mol. The molecule has 0 bridgehead atoms. The molecule has 0 radical (unpaired) electrons. The van der Waals surface area contributed by atoms with E-state index in [1.165, 1.54) is 6.20 Å². The lowest BCUT2D eigenvalue weighted by Gasteiger charge is -2.12. The monoisotopic (exact) mass is 399 g/mol. The van der Waals surface area contributed by atoms with Gasteiger partial charge >= 0.3 is 0 Å². The van der Waals surface area contributed by atoms with Crippen molar-refractivity contribution in [1.82, 2.24) is 19.3 Å². The van der Waals surface area contributed by atoms with Gasteiger partial charge in [-0.2, -0.15) is 5.10 Å². The molecule has 1 aliphatic rings. The van der Waals surface area contributed by atoms with Gasteiger partial charge in [-0.1, -0.05) is 42.5 Å². The van der Waals surface area contributed by atoms with Crippen LogP contribution in [0.4, 0.5) is 5.82 Å². The van der Waals surface area contributed by atoms with E-state index < -0.39 is 0 Å². The van der Waals surface area contributed by atoms with Crippen molar-refractivity contribution < 1.29 is 4.79 Å². The molecule has 0 atom stereocenters. The highest BCUT2D eigenvalue weighted by molar-refractivity contribution is 5.93. The Bertz CT molecular complexity index is 1270. The Morgan fingerprint density at radius 1 is 1.07 bits per heavy atom. The molecular formula is C23H21N5O2. The number of nitrogens with one attached hydrogen (secondary N) is 1. The van der Waals surface area contributed by atoms with Crippen molar-refractivity contribution in [2.24, 2.45) is 0 Å². The Hall–Kier alpha value is -3.74. The second kappa shape index (κ2) is 7.59. The number of imidazole rings is 1. The van der Waals surface area contributed by atoms with Gasteiger partial charge in [0.05, 0.1) is 24.6 Å². The summed E-state index contributed by atoms with van der Waals surface area (Å²) in [5.41, 5.74) is 2.36. The van der Waals surface area contributed by atoms with Crippen LogP contribution >= 0.6 is 0 Å². The predicted octanol–water partition coefficient (Wildman–Crippen LogP) is 3.62. The van der Waals surface area contributed by atoms with Crippen molar-refractivity contribution in [3.8, 4) is 11.3 Å². The van der Waals surface area contributed by atoms with Crippen LogP contribution in [0.1, 0.15) is 25.3 Å². The van der Waals surface area contributed by atoms with Gasteiger partial charge in [-0.3, -0.25) is 14.3 Å². The van der Waals surface area contributed by atoms with Gasteiger partial charge in [-0.05, 0) is 25.0 Å². The van der Waals surface area contributed by atoms with E-state index in [1.807, 2.05) is 54.9 Å². The molecule has 5 rings (SSSR count). The van der Waals surface area contributed by atoms with Gasteiger partial charge in [0.2, 0.25) is 11.3 Å². The maximum Gasteiger partial charge on any atom is 0.227 e. The molecule has 150 valence electrons. The molecular weight excluding hydrogens is 378 g/mol. The summed E-state index contributed by atoms with van der Waals surface area (Å²) in [6, 6.07) is 17.6. The van der Waals surface area contributed by atoms with Crippen LogP contribution in [0.25, 0.3) is 22.2 Å². The van der Waals surface area contributed by atoms with Crippen LogP contribution < -0.4 is 10.7 Å². The summed E-state index contributed by atoms with van der Waals surface area (Å²) in [6.45, 7) is 0.380. The molecule has 4 aromatic rings. The number of aromatic nitrogens is 4. The molecule has 7 nitrogen and oxygen atoms in total. The van der Waals surface area contributed by atoms with Crippen LogP contribution in [0, 0.1) is 0 Å². The van der Waals surface area contributed by atoms with Crippen LogP contribution in [-0.2, 0) is 11.3 Å². The molecule has 1 aliphatic carbocycles. The van der Waals surface area contributed by atoms with E-state index in [4.69, 9.17) is 0 Å². The molecule has 30 heavy (non-hydrogen) atoms. The molecule has 0 unspecified atom stereocenters. The minimum atomic E-state index is -0.118. The van der Waals surface area contributed by atoms with E-state index in [9.17, 15) is 9.59 Å². The fourth-order valence-corrected chi connectivity index (χ4v) is 3.66. The normalized spacial score (nSPS) is 13.5. The van der Waals surface area contributed by atoms with Crippen molar-refractivity contribution in [3.63, 3.8) is 0 Å². The summed E-state index contributed by atoms with van der Waals surface area (Å²) in [5.74, 6) is 0.630. The number of hydrogen-bond acceptors (Lipinski definition) is 4. The Balaban J connectivity index is 1.37. The number of aryl methyl sites for hydroxylation is 1. The highest BCUT2D eigenvalue weighted by Crippen LogP contribution is 2.40. The number of rotatable bonds is 6. The first kappa shape index (κ1) is 18.3. The summed E-state index contributed by atoms with van der Waals surface area (Å²) in [6.07, 6.45) is 5.55. The van der Waals surface area contributed by atoms with Crippen molar-refractivity contribution in [3.05, 3.63) is 77.3 Å². The average molecular weight is 399 g/mol. The number of benzene rings is 2. The first-order valence-corrected chi connectivity index (χ1v) is 10.1. The number of carbonyl (C=O) groups excluding carboxylic acids is 1. The van der Waals surface area contributed by atoms with E-state index in [1.54, 1.807) is 10.7 Å². The van der Waals surface area contributed by atoms with Crippen LogP contribution in [0.2, 0.25) is 0 Å². The van der Waals surface area contributed by atoms with Gasteiger partial charge < -0.3 is 9.88 Å². The highest BCUT2D eigenvalue weighted by Gasteiger charge is 2.28. The SMILES string of the molecule is O=C(CCn1ncc(=O)c2ccccc21)Nc1c(-c2ccccc2)ncn1C1CC1. The number of carbonyl (C=O) groups is 1. The van der Waals surface area contributed by atoms with Gasteiger partial charge in [0.25, 0.3) is 0 Å². The standard InChI is InChI=1S/C23H21N5O2/c29-20-14-25-28(19-9-5-4-8-18(19)20)13-12-21(30)26-23-22(16-6-2-1-3-7-16)24-15-27(23)17-10-11-17/h1-9,14-15,17H,10-13H2,(H,26,30). The minimum Gasteiger partial charge on any atom is -0.314 e. The van der Waals surface area contributed by atoms with Crippen LogP contribution in [0.15, 0.2) is 71.9 Å². The Kier molecular flexibility index (Phi) is 4.63. The van der Waals surface area contributed by atoms with Gasteiger partial charge in [0.15, 0.2) is 0 Å². The number of para-hydroxylation sites is 1. The van der Waals surface area contributed by atoms with E-state index >= 15 is 0 Å². The molecule has 1 fully saturated rings. The molecule has 0 aliphatic heterocycles. The molecule has 2 heterocycles. The van der Waals surface area contributed by atoms with Gasteiger partial charge in [0.1, 0.15) is 11.5 Å². The maximum absolute atomic E-state index is 12.8. The second-order valence-corrected chi connectivity index (χ2v) is 7.49. The van der Waals surface area contributed by atoms with E-state index in [-0.39, 0.29) is 17.8 Å². The number of nitrogens with zero attached hydrogens (tertiary/aromatic N) is 4. The zero-order valence-corrected chi connectivity index (χ0v) is 16.4. The largest absolute Gasteiger partial charge is 0.314 e. The van der Waals surface area contributed by atoms with Crippen LogP contribution in [0.5, 0.6) is 0 Å². The lowest BCUT2D eigenvalue weighted by molar-refractivity contribution is -0.116. The highest BCUT2D eigenvalue weighted by atomic mass is 16.1. The van der Waals surface area contributed by atoms with Crippen LogP contribution in [-0.4, -0.2) is 25.2 Å². The summed E-state index contributed by atoms with van der Waals surface area (Å²) >= 11 is 0. The Labute approximate surface area is 173 Å². The zero-order valence-electron chi connectivity index (χ0n) is 16.4. The number of amides is 1.